The van der Waals surface area contributed by atoms with Gasteiger partial charge in [-0.25, -0.2) is 5.84 Å². The van der Waals surface area contributed by atoms with Crippen molar-refractivity contribution in [1.29, 1.82) is 0 Å². The van der Waals surface area contributed by atoms with E-state index in [1.54, 1.807) is 0 Å². The minimum atomic E-state index is -0.235. The van der Waals surface area contributed by atoms with Gasteiger partial charge < -0.3 is 14.7 Å². The van der Waals surface area contributed by atoms with Gasteiger partial charge in [0.25, 0.3) is 0 Å². The molecular weight excluding hydrogens is 248 g/mol. The van der Waals surface area contributed by atoms with Crippen molar-refractivity contribution in [3.8, 4) is 6.01 Å². The van der Waals surface area contributed by atoms with E-state index >= 15 is 0 Å². The van der Waals surface area contributed by atoms with Gasteiger partial charge in [-0.3, -0.25) is 5.43 Å². The topological polar surface area (TPSA) is 109 Å². The summed E-state index contributed by atoms with van der Waals surface area (Å²) in [6, 6.07) is 0.269. The van der Waals surface area contributed by atoms with E-state index in [4.69, 9.17) is 10.6 Å². The number of aliphatic hydroxyl groups excluding tert-OH is 1. The molecule has 1 saturated heterocycles. The lowest BCUT2D eigenvalue weighted by Crippen LogP contribution is -2.37. The molecule has 1 aromatic heterocycles. The van der Waals surface area contributed by atoms with Crippen molar-refractivity contribution >= 4 is 11.9 Å². The maximum Gasteiger partial charge on any atom is 0.323 e. The number of piperidine rings is 1. The Morgan fingerprint density at radius 2 is 2.11 bits per heavy atom. The molecule has 1 fully saturated rings. The molecule has 2 rings (SSSR count). The Morgan fingerprint density at radius 3 is 2.74 bits per heavy atom. The standard InChI is InChI=1S/C11H20N6O2/c1-2-7-19-11-14-9(16-12)13-10(15-11)17-5-3-8(18)4-6-17/h8,18H,2-7,12H2,1H3,(H,13,14,15,16). The van der Waals surface area contributed by atoms with Crippen LogP contribution in [0, 0.1) is 0 Å². The molecule has 4 N–H and O–H groups in total. The summed E-state index contributed by atoms with van der Waals surface area (Å²) in [5.41, 5.74) is 2.41. The monoisotopic (exact) mass is 268 g/mol. The van der Waals surface area contributed by atoms with Crippen molar-refractivity contribution in [1.82, 2.24) is 15.0 Å². The second-order valence-corrected chi connectivity index (χ2v) is 4.45. The number of nitrogens with zero attached hydrogens (tertiary/aromatic N) is 4. The SMILES string of the molecule is CCCOc1nc(NN)nc(N2CCC(O)CC2)n1. The lowest BCUT2D eigenvalue weighted by Gasteiger charge is -2.29. The van der Waals surface area contributed by atoms with E-state index in [9.17, 15) is 5.11 Å². The Hall–Kier alpha value is -1.67. The quantitative estimate of drug-likeness (QED) is 0.502. The van der Waals surface area contributed by atoms with Crippen LogP contribution in [0.25, 0.3) is 0 Å². The molecule has 2 heterocycles. The van der Waals surface area contributed by atoms with Crippen LogP contribution in [0.15, 0.2) is 0 Å². The molecule has 0 aliphatic carbocycles. The number of aliphatic hydroxyl groups is 1. The molecule has 0 spiro atoms. The highest BCUT2D eigenvalue weighted by Gasteiger charge is 2.20. The van der Waals surface area contributed by atoms with Gasteiger partial charge in [-0.15, -0.1) is 0 Å². The molecule has 0 atom stereocenters. The molecule has 1 aliphatic rings. The van der Waals surface area contributed by atoms with Crippen LogP contribution in [0.3, 0.4) is 0 Å². The van der Waals surface area contributed by atoms with Crippen LogP contribution in [-0.4, -0.2) is 45.9 Å². The molecule has 0 amide bonds. The van der Waals surface area contributed by atoms with Crippen molar-refractivity contribution < 1.29 is 9.84 Å². The molecular formula is C11H20N6O2. The van der Waals surface area contributed by atoms with Gasteiger partial charge in [-0.1, -0.05) is 6.92 Å². The average molecular weight is 268 g/mol. The Kier molecular flexibility index (Phi) is 4.69. The summed E-state index contributed by atoms with van der Waals surface area (Å²) < 4.78 is 5.42. The summed E-state index contributed by atoms with van der Waals surface area (Å²) in [5, 5.41) is 9.51. The first-order valence-electron chi connectivity index (χ1n) is 6.51. The van der Waals surface area contributed by atoms with Crippen molar-refractivity contribution in [3.05, 3.63) is 0 Å². The van der Waals surface area contributed by atoms with Crippen molar-refractivity contribution in [2.45, 2.75) is 32.3 Å². The second kappa shape index (κ2) is 6.48. The molecule has 1 aromatic rings. The Morgan fingerprint density at radius 1 is 1.37 bits per heavy atom. The van der Waals surface area contributed by atoms with Gasteiger partial charge in [-0.05, 0) is 19.3 Å². The van der Waals surface area contributed by atoms with Gasteiger partial charge in [0.1, 0.15) is 0 Å². The van der Waals surface area contributed by atoms with Gasteiger partial charge in [0.2, 0.25) is 11.9 Å². The van der Waals surface area contributed by atoms with E-state index in [1.807, 2.05) is 11.8 Å². The number of hydrogen-bond acceptors (Lipinski definition) is 8. The first-order valence-corrected chi connectivity index (χ1v) is 6.51. The summed E-state index contributed by atoms with van der Waals surface area (Å²) in [6.07, 6.45) is 2.06. The zero-order valence-corrected chi connectivity index (χ0v) is 11.0. The van der Waals surface area contributed by atoms with E-state index in [0.29, 0.717) is 38.5 Å². The normalized spacial score (nSPS) is 16.5. The Labute approximate surface area is 112 Å². The number of hydrazine groups is 1. The number of nitrogens with one attached hydrogen (secondary N) is 1. The number of anilines is 2. The highest BCUT2D eigenvalue weighted by molar-refractivity contribution is 5.38. The first-order chi connectivity index (χ1) is 9.22. The van der Waals surface area contributed by atoms with E-state index < -0.39 is 0 Å². The van der Waals surface area contributed by atoms with Crippen molar-refractivity contribution in [2.75, 3.05) is 30.0 Å². The van der Waals surface area contributed by atoms with Gasteiger partial charge in [0.05, 0.1) is 12.7 Å². The van der Waals surface area contributed by atoms with Gasteiger partial charge in [0.15, 0.2) is 0 Å². The third-order valence-corrected chi connectivity index (χ3v) is 2.91. The fourth-order valence-electron chi connectivity index (χ4n) is 1.88. The third kappa shape index (κ3) is 3.65. The van der Waals surface area contributed by atoms with Gasteiger partial charge in [0, 0.05) is 13.1 Å². The largest absolute Gasteiger partial charge is 0.463 e. The maximum absolute atomic E-state index is 9.51. The first kappa shape index (κ1) is 13.8. The predicted molar refractivity (Wildman–Crippen MR) is 70.9 cm³/mol. The minimum Gasteiger partial charge on any atom is -0.463 e. The van der Waals surface area contributed by atoms with Crippen LogP contribution in [0.1, 0.15) is 26.2 Å². The Balaban J connectivity index is 2.14. The zero-order valence-electron chi connectivity index (χ0n) is 11.0. The molecule has 19 heavy (non-hydrogen) atoms. The summed E-state index contributed by atoms with van der Waals surface area (Å²) >= 11 is 0. The van der Waals surface area contributed by atoms with Crippen molar-refractivity contribution in [2.24, 2.45) is 5.84 Å². The average Bonchev–Trinajstić information content (AvgIpc) is 2.45. The number of nitrogen functional groups attached to an aromatic ring is 1. The van der Waals surface area contributed by atoms with Crippen LogP contribution < -0.4 is 20.9 Å². The van der Waals surface area contributed by atoms with Gasteiger partial charge in [-0.2, -0.15) is 15.0 Å². The fraction of sp³-hybridized carbons (Fsp3) is 0.727. The number of aromatic nitrogens is 3. The number of rotatable bonds is 5. The molecule has 8 heteroatoms. The molecule has 8 nitrogen and oxygen atoms in total. The number of nitrogens with two attached hydrogens (primary N) is 1. The smallest absolute Gasteiger partial charge is 0.323 e. The van der Waals surface area contributed by atoms with Crippen LogP contribution in [0.2, 0.25) is 0 Å². The predicted octanol–water partition coefficient (Wildman–Crippen LogP) is -0.0929. The highest BCUT2D eigenvalue weighted by Crippen LogP contribution is 2.19. The minimum absolute atomic E-state index is 0.235. The number of ether oxygens (including phenoxy) is 1. The maximum atomic E-state index is 9.51. The zero-order chi connectivity index (χ0) is 13.7. The molecule has 1 aliphatic heterocycles. The highest BCUT2D eigenvalue weighted by atomic mass is 16.5. The van der Waals surface area contributed by atoms with Crippen LogP contribution in [-0.2, 0) is 0 Å². The molecule has 0 bridgehead atoms. The van der Waals surface area contributed by atoms with E-state index in [2.05, 4.69) is 20.4 Å². The molecule has 0 saturated carbocycles. The number of hydrogen-bond donors (Lipinski definition) is 3. The van der Waals surface area contributed by atoms with Gasteiger partial charge >= 0.3 is 6.01 Å². The van der Waals surface area contributed by atoms with Crippen molar-refractivity contribution in [3.63, 3.8) is 0 Å². The fourth-order valence-corrected chi connectivity index (χ4v) is 1.88. The molecule has 0 radical (unpaired) electrons. The van der Waals surface area contributed by atoms with Crippen LogP contribution in [0.5, 0.6) is 6.01 Å². The summed E-state index contributed by atoms with van der Waals surface area (Å²) in [5.74, 6) is 6.16. The lowest BCUT2D eigenvalue weighted by molar-refractivity contribution is 0.145. The van der Waals surface area contributed by atoms with E-state index in [0.717, 1.165) is 6.42 Å². The van der Waals surface area contributed by atoms with Crippen LogP contribution >= 0.6 is 0 Å². The molecule has 0 aromatic carbocycles. The summed E-state index contributed by atoms with van der Waals surface area (Å²) in [7, 11) is 0. The van der Waals surface area contributed by atoms with E-state index in [1.165, 1.54) is 0 Å². The summed E-state index contributed by atoms with van der Waals surface area (Å²) in [4.78, 5) is 14.5. The molecule has 106 valence electrons. The molecule has 0 unspecified atom stereocenters. The van der Waals surface area contributed by atoms with Crippen LogP contribution in [0.4, 0.5) is 11.9 Å². The Bertz CT molecular complexity index is 408. The summed E-state index contributed by atoms with van der Waals surface area (Å²) in [6.45, 7) is 3.98. The third-order valence-electron chi connectivity index (χ3n) is 2.91. The lowest BCUT2D eigenvalue weighted by atomic mass is 10.1. The second-order valence-electron chi connectivity index (χ2n) is 4.45. The van der Waals surface area contributed by atoms with E-state index in [-0.39, 0.29) is 18.1 Å².